The van der Waals surface area contributed by atoms with Gasteiger partial charge in [-0.3, -0.25) is 4.79 Å². The first-order valence-corrected chi connectivity index (χ1v) is 5.82. The van der Waals surface area contributed by atoms with Gasteiger partial charge in [0, 0.05) is 25.5 Å². The number of rotatable bonds is 4. The molecular weight excluding hydrogens is 204 g/mol. The fourth-order valence-corrected chi connectivity index (χ4v) is 2.17. The van der Waals surface area contributed by atoms with Crippen LogP contribution in [-0.2, 0) is 11.3 Å². The van der Waals surface area contributed by atoms with E-state index in [9.17, 15) is 9.90 Å². The maximum atomic E-state index is 11.7. The third kappa shape index (κ3) is 2.44. The first-order chi connectivity index (χ1) is 7.71. The zero-order chi connectivity index (χ0) is 11.4. The maximum Gasteiger partial charge on any atom is 0.252 e. The third-order valence-corrected chi connectivity index (χ3v) is 3.18. The van der Waals surface area contributed by atoms with Crippen LogP contribution in [0.4, 0.5) is 0 Å². The number of carbonyl (C=O) groups excluding carboxylic acids is 1. The average molecular weight is 222 g/mol. The Kier molecular flexibility index (Phi) is 3.29. The van der Waals surface area contributed by atoms with E-state index < -0.39 is 5.60 Å². The maximum absolute atomic E-state index is 11.7. The zero-order valence-electron chi connectivity index (χ0n) is 9.35. The molecule has 0 aromatic carbocycles. The lowest BCUT2D eigenvalue weighted by Gasteiger charge is -2.20. The summed E-state index contributed by atoms with van der Waals surface area (Å²) in [5.74, 6) is -0.211. The zero-order valence-corrected chi connectivity index (χ0v) is 9.35. The normalized spacial score (nSPS) is 18.6. The van der Waals surface area contributed by atoms with E-state index in [0.717, 1.165) is 19.4 Å². The molecule has 0 spiro atoms. The Balaban J connectivity index is 1.75. The summed E-state index contributed by atoms with van der Waals surface area (Å²) in [6, 6.07) is 3.90. The number of aliphatic hydroxyl groups is 1. The molecule has 1 aromatic rings. The number of amides is 1. The molecule has 2 rings (SSSR count). The Morgan fingerprint density at radius 1 is 1.31 bits per heavy atom. The molecule has 1 aromatic heterocycles. The van der Waals surface area contributed by atoms with Crippen LogP contribution in [0.25, 0.3) is 0 Å². The van der Waals surface area contributed by atoms with Crippen LogP contribution in [-0.4, -0.2) is 27.7 Å². The van der Waals surface area contributed by atoms with Crippen LogP contribution in [0.15, 0.2) is 24.5 Å². The Morgan fingerprint density at radius 3 is 2.56 bits per heavy atom. The smallest absolute Gasteiger partial charge is 0.252 e. The number of hydrogen-bond donors (Lipinski definition) is 2. The van der Waals surface area contributed by atoms with Gasteiger partial charge in [-0.15, -0.1) is 0 Å². The van der Waals surface area contributed by atoms with E-state index in [-0.39, 0.29) is 5.91 Å². The van der Waals surface area contributed by atoms with Crippen molar-refractivity contribution in [1.29, 1.82) is 0 Å². The lowest BCUT2D eigenvalue weighted by molar-refractivity contribution is -0.139. The van der Waals surface area contributed by atoms with Gasteiger partial charge < -0.3 is 15.0 Å². The minimum atomic E-state index is -1.10. The Labute approximate surface area is 95.3 Å². The summed E-state index contributed by atoms with van der Waals surface area (Å²) in [4.78, 5) is 11.7. The molecule has 1 aliphatic carbocycles. The Morgan fingerprint density at radius 2 is 1.94 bits per heavy atom. The quantitative estimate of drug-likeness (QED) is 0.795. The van der Waals surface area contributed by atoms with E-state index in [1.807, 2.05) is 29.1 Å². The van der Waals surface area contributed by atoms with Crippen molar-refractivity contribution in [3.8, 4) is 0 Å². The summed E-state index contributed by atoms with van der Waals surface area (Å²) in [5, 5.41) is 12.8. The second kappa shape index (κ2) is 4.70. The highest BCUT2D eigenvalue weighted by molar-refractivity contribution is 5.85. The Hall–Kier alpha value is -1.29. The van der Waals surface area contributed by atoms with Crippen LogP contribution in [0, 0.1) is 0 Å². The number of aromatic nitrogens is 1. The van der Waals surface area contributed by atoms with E-state index in [4.69, 9.17) is 0 Å². The van der Waals surface area contributed by atoms with E-state index in [2.05, 4.69) is 5.32 Å². The second-order valence-electron chi connectivity index (χ2n) is 4.42. The number of nitrogens with one attached hydrogen (secondary N) is 1. The lowest BCUT2D eigenvalue weighted by Crippen LogP contribution is -2.45. The van der Waals surface area contributed by atoms with Crippen LogP contribution in [0.1, 0.15) is 25.7 Å². The van der Waals surface area contributed by atoms with Gasteiger partial charge in [0.15, 0.2) is 0 Å². The second-order valence-corrected chi connectivity index (χ2v) is 4.42. The molecule has 88 valence electrons. The minimum Gasteiger partial charge on any atom is -0.380 e. The highest BCUT2D eigenvalue weighted by Gasteiger charge is 2.38. The molecule has 1 aliphatic rings. The van der Waals surface area contributed by atoms with Gasteiger partial charge in [-0.25, -0.2) is 0 Å². The minimum absolute atomic E-state index is 0.211. The molecule has 4 heteroatoms. The SMILES string of the molecule is O=C(NCCn1cccc1)C1(O)CCCC1. The van der Waals surface area contributed by atoms with Gasteiger partial charge in [0.25, 0.3) is 5.91 Å². The fourth-order valence-electron chi connectivity index (χ4n) is 2.17. The van der Waals surface area contributed by atoms with Crippen LogP contribution in [0.2, 0.25) is 0 Å². The molecule has 4 nitrogen and oxygen atoms in total. The molecule has 0 saturated heterocycles. The summed E-state index contributed by atoms with van der Waals surface area (Å²) in [6.45, 7) is 1.31. The van der Waals surface area contributed by atoms with E-state index in [1.165, 1.54) is 0 Å². The molecule has 2 N–H and O–H groups in total. The van der Waals surface area contributed by atoms with Gasteiger partial charge in [-0.1, -0.05) is 0 Å². The van der Waals surface area contributed by atoms with Crippen molar-refractivity contribution < 1.29 is 9.90 Å². The molecule has 1 fully saturated rings. The van der Waals surface area contributed by atoms with Crippen molar-refractivity contribution >= 4 is 5.91 Å². The standard InChI is InChI=1S/C12H18N2O2/c15-11(12(16)5-1-2-6-12)13-7-10-14-8-3-4-9-14/h3-4,8-9,16H,1-2,5-7,10H2,(H,13,15). The van der Waals surface area contributed by atoms with Gasteiger partial charge >= 0.3 is 0 Å². The van der Waals surface area contributed by atoms with Gasteiger partial charge in [0.1, 0.15) is 5.60 Å². The predicted octanol–water partition coefficient (Wildman–Crippen LogP) is 0.909. The summed E-state index contributed by atoms with van der Waals surface area (Å²) >= 11 is 0. The molecular formula is C12H18N2O2. The molecule has 0 atom stereocenters. The van der Waals surface area contributed by atoms with Crippen molar-refractivity contribution in [3.63, 3.8) is 0 Å². The third-order valence-electron chi connectivity index (χ3n) is 3.18. The van der Waals surface area contributed by atoms with E-state index >= 15 is 0 Å². The number of nitrogens with zero attached hydrogens (tertiary/aromatic N) is 1. The predicted molar refractivity (Wildman–Crippen MR) is 60.9 cm³/mol. The highest BCUT2D eigenvalue weighted by Crippen LogP contribution is 2.29. The fraction of sp³-hybridized carbons (Fsp3) is 0.583. The van der Waals surface area contributed by atoms with Crippen LogP contribution < -0.4 is 5.32 Å². The molecule has 0 aliphatic heterocycles. The average Bonchev–Trinajstić information content (AvgIpc) is 2.90. The van der Waals surface area contributed by atoms with Crippen LogP contribution >= 0.6 is 0 Å². The largest absolute Gasteiger partial charge is 0.380 e. The van der Waals surface area contributed by atoms with Crippen molar-refractivity contribution in [2.75, 3.05) is 6.54 Å². The molecule has 0 unspecified atom stereocenters. The number of carbonyl (C=O) groups is 1. The van der Waals surface area contributed by atoms with Gasteiger partial charge in [-0.05, 0) is 37.8 Å². The molecule has 0 bridgehead atoms. The first kappa shape index (κ1) is 11.2. The van der Waals surface area contributed by atoms with Crippen molar-refractivity contribution in [1.82, 2.24) is 9.88 Å². The Bertz CT molecular complexity index is 340. The molecule has 1 saturated carbocycles. The monoisotopic (exact) mass is 222 g/mol. The van der Waals surface area contributed by atoms with E-state index in [1.54, 1.807) is 0 Å². The molecule has 0 radical (unpaired) electrons. The lowest BCUT2D eigenvalue weighted by atomic mass is 10.0. The van der Waals surface area contributed by atoms with Gasteiger partial charge in [0.2, 0.25) is 0 Å². The summed E-state index contributed by atoms with van der Waals surface area (Å²) in [5.41, 5.74) is -1.10. The number of hydrogen-bond acceptors (Lipinski definition) is 2. The topological polar surface area (TPSA) is 54.3 Å². The first-order valence-electron chi connectivity index (χ1n) is 5.82. The summed E-state index contributed by atoms with van der Waals surface area (Å²) < 4.78 is 2.00. The van der Waals surface area contributed by atoms with Crippen molar-refractivity contribution in [2.45, 2.75) is 37.8 Å². The van der Waals surface area contributed by atoms with Crippen LogP contribution in [0.5, 0.6) is 0 Å². The molecule has 1 amide bonds. The van der Waals surface area contributed by atoms with Crippen molar-refractivity contribution in [3.05, 3.63) is 24.5 Å². The molecule has 1 heterocycles. The van der Waals surface area contributed by atoms with Gasteiger partial charge in [-0.2, -0.15) is 0 Å². The van der Waals surface area contributed by atoms with E-state index in [0.29, 0.717) is 19.4 Å². The molecule has 16 heavy (non-hydrogen) atoms. The van der Waals surface area contributed by atoms with Crippen molar-refractivity contribution in [2.24, 2.45) is 0 Å². The van der Waals surface area contributed by atoms with Crippen LogP contribution in [0.3, 0.4) is 0 Å². The highest BCUT2D eigenvalue weighted by atomic mass is 16.3. The summed E-state index contributed by atoms with van der Waals surface area (Å²) in [7, 11) is 0. The summed E-state index contributed by atoms with van der Waals surface area (Å²) in [6.07, 6.45) is 7.00. The van der Waals surface area contributed by atoms with Gasteiger partial charge in [0.05, 0.1) is 0 Å².